The number of nitrogens with zero attached hydrogens (tertiary/aromatic N) is 2. The van der Waals surface area contributed by atoms with Gasteiger partial charge < -0.3 is 14.9 Å². The highest BCUT2D eigenvalue weighted by Gasteiger charge is 2.19. The van der Waals surface area contributed by atoms with Crippen molar-refractivity contribution < 1.29 is 24.1 Å². The van der Waals surface area contributed by atoms with Crippen LogP contribution in [0.2, 0.25) is 0 Å². The van der Waals surface area contributed by atoms with Gasteiger partial charge in [-0.15, -0.1) is 0 Å². The third-order valence-electron chi connectivity index (χ3n) is 2.67. The van der Waals surface area contributed by atoms with E-state index in [2.05, 4.69) is 5.10 Å². The molecule has 0 spiro atoms. The maximum Gasteiger partial charge on any atom is 0.356 e. The second-order valence-corrected chi connectivity index (χ2v) is 3.82. The first kappa shape index (κ1) is 12.9. The Bertz CT molecular complexity index is 651. The zero-order valence-electron chi connectivity index (χ0n) is 10.2. The monoisotopic (exact) mass is 266 g/mol. The van der Waals surface area contributed by atoms with Crippen molar-refractivity contribution in [1.29, 1.82) is 0 Å². The molecule has 2 rings (SSSR count). The molecular weight excluding hydrogens is 255 g/mol. The number of benzene rings is 1. The largest absolute Gasteiger partial charge is 0.502 e. The van der Waals surface area contributed by atoms with Gasteiger partial charge in [-0.1, -0.05) is 0 Å². The lowest BCUT2D eigenvalue weighted by molar-refractivity contribution is 0.0689. The van der Waals surface area contributed by atoms with E-state index in [1.807, 2.05) is 0 Å². The first-order valence-electron chi connectivity index (χ1n) is 5.29. The molecule has 2 N–H and O–H groups in total. The summed E-state index contributed by atoms with van der Waals surface area (Å²) >= 11 is 0. The fourth-order valence-electron chi connectivity index (χ4n) is 1.73. The molecule has 1 aromatic heterocycles. The Morgan fingerprint density at radius 1 is 1.47 bits per heavy atom. The fraction of sp³-hybridized carbons (Fsp3) is 0.167. The molecule has 0 saturated heterocycles. The number of aromatic nitrogens is 2. The smallest absolute Gasteiger partial charge is 0.356 e. The molecule has 2 aromatic rings. The zero-order valence-corrected chi connectivity index (χ0v) is 10.2. The number of methoxy groups -OCH3 is 1. The highest BCUT2D eigenvalue weighted by atomic mass is 19.1. The predicted molar refractivity (Wildman–Crippen MR) is 63.8 cm³/mol. The van der Waals surface area contributed by atoms with Gasteiger partial charge in [-0.05, 0) is 18.2 Å². The van der Waals surface area contributed by atoms with Crippen LogP contribution in [0.5, 0.6) is 11.5 Å². The number of hydrogen-bond acceptors (Lipinski definition) is 4. The van der Waals surface area contributed by atoms with Crippen LogP contribution in [-0.4, -0.2) is 33.1 Å². The van der Waals surface area contributed by atoms with Crippen LogP contribution in [-0.2, 0) is 7.05 Å². The van der Waals surface area contributed by atoms with Crippen LogP contribution in [0.1, 0.15) is 10.5 Å². The molecule has 100 valence electrons. The summed E-state index contributed by atoms with van der Waals surface area (Å²) < 4.78 is 20.0. The summed E-state index contributed by atoms with van der Waals surface area (Å²) in [5, 5.41) is 22.2. The summed E-state index contributed by atoms with van der Waals surface area (Å²) in [6.45, 7) is 0. The number of halogens is 1. The molecule has 0 aliphatic carbocycles. The number of phenolic OH excluding ortho intramolecular Hbond substituents is 1. The number of carbonyl (C=O) groups is 1. The highest BCUT2D eigenvalue weighted by molar-refractivity contribution is 5.87. The van der Waals surface area contributed by atoms with Crippen molar-refractivity contribution in [2.24, 2.45) is 7.05 Å². The van der Waals surface area contributed by atoms with Crippen molar-refractivity contribution >= 4 is 5.97 Å². The lowest BCUT2D eigenvalue weighted by Crippen LogP contribution is -1.99. The van der Waals surface area contributed by atoms with Gasteiger partial charge in [0.15, 0.2) is 23.0 Å². The topological polar surface area (TPSA) is 84.6 Å². The van der Waals surface area contributed by atoms with E-state index in [-0.39, 0.29) is 22.7 Å². The van der Waals surface area contributed by atoms with E-state index < -0.39 is 17.5 Å². The summed E-state index contributed by atoms with van der Waals surface area (Å²) in [5.74, 6) is -2.72. The van der Waals surface area contributed by atoms with Crippen molar-refractivity contribution in [1.82, 2.24) is 9.78 Å². The van der Waals surface area contributed by atoms with Gasteiger partial charge in [-0.3, -0.25) is 4.68 Å². The predicted octanol–water partition coefficient (Wildman–Crippen LogP) is 1.64. The van der Waals surface area contributed by atoms with Crippen LogP contribution in [0.15, 0.2) is 18.2 Å². The third kappa shape index (κ3) is 2.10. The van der Waals surface area contributed by atoms with E-state index in [1.54, 1.807) is 0 Å². The van der Waals surface area contributed by atoms with Crippen LogP contribution in [0, 0.1) is 5.82 Å². The van der Waals surface area contributed by atoms with Crippen LogP contribution in [0.25, 0.3) is 11.3 Å². The molecule has 7 heteroatoms. The summed E-state index contributed by atoms with van der Waals surface area (Å²) in [6.07, 6.45) is 0. The molecule has 0 radical (unpaired) electrons. The molecule has 1 aromatic carbocycles. The number of rotatable bonds is 3. The van der Waals surface area contributed by atoms with Crippen LogP contribution in [0.3, 0.4) is 0 Å². The summed E-state index contributed by atoms with van der Waals surface area (Å²) in [5.41, 5.74) is 0.0841. The van der Waals surface area contributed by atoms with Gasteiger partial charge in [0.2, 0.25) is 0 Å². The highest BCUT2D eigenvalue weighted by Crippen LogP contribution is 2.35. The number of carboxylic acids is 1. The molecule has 19 heavy (non-hydrogen) atoms. The minimum Gasteiger partial charge on any atom is -0.502 e. The van der Waals surface area contributed by atoms with Crippen molar-refractivity contribution in [3.05, 3.63) is 29.7 Å². The Kier molecular flexibility index (Phi) is 3.12. The van der Waals surface area contributed by atoms with Crippen molar-refractivity contribution in [3.8, 4) is 22.8 Å². The number of aryl methyl sites for hydroxylation is 1. The average Bonchev–Trinajstić information content (AvgIpc) is 2.75. The number of ether oxygens (including phenoxy) is 1. The van der Waals surface area contributed by atoms with Crippen LogP contribution < -0.4 is 4.74 Å². The number of phenols is 1. The lowest BCUT2D eigenvalue weighted by atomic mass is 10.1. The molecule has 0 aliphatic heterocycles. The van der Waals surface area contributed by atoms with Crippen molar-refractivity contribution in [2.75, 3.05) is 7.11 Å². The molecule has 6 nitrogen and oxygen atoms in total. The standard InChI is InChI=1S/C12H11FN2O4/c1-15-8(5-7(14-15)12(17)18)6-3-4-9(19-2)11(16)10(6)13/h3-5,16H,1-2H3,(H,17,18). The molecular formula is C12H11FN2O4. The van der Waals surface area contributed by atoms with E-state index in [9.17, 15) is 14.3 Å². The van der Waals surface area contributed by atoms with Gasteiger partial charge in [0.05, 0.1) is 12.8 Å². The van der Waals surface area contributed by atoms with E-state index in [0.29, 0.717) is 0 Å². The molecule has 0 unspecified atom stereocenters. The SMILES string of the molecule is COc1ccc(-c2cc(C(=O)O)nn2C)c(F)c1O. The molecule has 0 saturated carbocycles. The number of hydrogen-bond donors (Lipinski definition) is 2. The molecule has 0 atom stereocenters. The number of carboxylic acid groups (broad SMARTS) is 1. The Balaban J connectivity index is 2.59. The molecule has 0 bridgehead atoms. The Labute approximate surface area is 107 Å². The normalized spacial score (nSPS) is 10.5. The quantitative estimate of drug-likeness (QED) is 0.882. The van der Waals surface area contributed by atoms with Gasteiger partial charge in [0, 0.05) is 12.6 Å². The van der Waals surface area contributed by atoms with Crippen LogP contribution in [0.4, 0.5) is 4.39 Å². The van der Waals surface area contributed by atoms with Crippen molar-refractivity contribution in [2.45, 2.75) is 0 Å². The van der Waals surface area contributed by atoms with Crippen LogP contribution >= 0.6 is 0 Å². The summed E-state index contributed by atoms with van der Waals surface area (Å²) in [4.78, 5) is 10.8. The minimum atomic E-state index is -1.21. The fourth-order valence-corrected chi connectivity index (χ4v) is 1.73. The molecule has 1 heterocycles. The van der Waals surface area contributed by atoms with E-state index in [4.69, 9.17) is 9.84 Å². The first-order chi connectivity index (χ1) is 8.95. The number of aromatic hydroxyl groups is 1. The lowest BCUT2D eigenvalue weighted by Gasteiger charge is -2.08. The molecule has 0 aliphatic rings. The van der Waals surface area contributed by atoms with E-state index in [1.165, 1.54) is 37.0 Å². The summed E-state index contributed by atoms with van der Waals surface area (Å²) in [6, 6.07) is 4.00. The van der Waals surface area contributed by atoms with Gasteiger partial charge in [0.1, 0.15) is 0 Å². The average molecular weight is 266 g/mol. The van der Waals surface area contributed by atoms with E-state index >= 15 is 0 Å². The number of aromatic carboxylic acids is 1. The third-order valence-corrected chi connectivity index (χ3v) is 2.67. The second kappa shape index (κ2) is 4.60. The van der Waals surface area contributed by atoms with Gasteiger partial charge in [-0.2, -0.15) is 5.10 Å². The summed E-state index contributed by atoms with van der Waals surface area (Å²) in [7, 11) is 2.79. The van der Waals surface area contributed by atoms with Gasteiger partial charge >= 0.3 is 5.97 Å². The maximum atomic E-state index is 14.0. The molecule has 0 amide bonds. The minimum absolute atomic E-state index is 0.00174. The van der Waals surface area contributed by atoms with E-state index in [0.717, 1.165) is 0 Å². The Morgan fingerprint density at radius 3 is 2.68 bits per heavy atom. The first-order valence-corrected chi connectivity index (χ1v) is 5.29. The Hall–Kier alpha value is -2.57. The zero-order chi connectivity index (χ0) is 14.2. The maximum absolute atomic E-state index is 14.0. The molecule has 0 fully saturated rings. The second-order valence-electron chi connectivity index (χ2n) is 3.82. The van der Waals surface area contributed by atoms with Gasteiger partial charge in [-0.25, -0.2) is 9.18 Å². The Morgan fingerprint density at radius 2 is 2.16 bits per heavy atom. The van der Waals surface area contributed by atoms with Gasteiger partial charge in [0.25, 0.3) is 0 Å². The van der Waals surface area contributed by atoms with Crippen molar-refractivity contribution in [3.63, 3.8) is 0 Å².